The number of carbonyl (C=O) groups is 2. The molecule has 1 aliphatic rings. The lowest BCUT2D eigenvalue weighted by Crippen LogP contribution is -2.55. The van der Waals surface area contributed by atoms with Crippen molar-refractivity contribution >= 4 is 23.5 Å². The first-order chi connectivity index (χ1) is 16.6. The predicted octanol–water partition coefficient (Wildman–Crippen LogP) is 5.46. The fourth-order valence-electron chi connectivity index (χ4n) is 4.91. The lowest BCUT2D eigenvalue weighted by atomic mass is 9.69. The number of primary amides is 1. The minimum Gasteiger partial charge on any atom is -0.460 e. The van der Waals surface area contributed by atoms with Crippen LogP contribution in [0.1, 0.15) is 47.4 Å². The lowest BCUT2D eigenvalue weighted by molar-refractivity contribution is -0.144. The number of nitrogens with zero attached hydrogens (tertiary/aromatic N) is 1. The van der Waals surface area contributed by atoms with E-state index in [1.54, 1.807) is 43.3 Å². The van der Waals surface area contributed by atoms with Crippen LogP contribution in [0.25, 0.3) is 11.3 Å². The van der Waals surface area contributed by atoms with Gasteiger partial charge in [0.25, 0.3) is 5.91 Å². The molecule has 1 heterocycles. The predicted molar refractivity (Wildman–Crippen MR) is 131 cm³/mol. The molecule has 0 spiro atoms. The van der Waals surface area contributed by atoms with Crippen molar-refractivity contribution < 1.29 is 23.1 Å². The highest BCUT2D eigenvalue weighted by atomic mass is 35.5. The molecule has 0 aliphatic heterocycles. The number of esters is 1. The monoisotopic (exact) mass is 498 g/mol. The Bertz CT molecular complexity index is 1240. The maximum atomic E-state index is 14.0. The van der Waals surface area contributed by atoms with Crippen molar-refractivity contribution in [3.05, 3.63) is 82.3 Å². The standard InChI is InChI=1S/C27H28ClFN2O4/c1-17-22(16-23(34-17)18-7-9-20(28)10-8-18)24(32)35-27(25(30)33)13-11-26(12-14-27,31(2)3)19-5-4-6-21(29)15-19/h4-10,15-16H,11-14H2,1-3H3,(H2,30,33). The molecule has 1 aliphatic carbocycles. The normalized spacial score (nSPS) is 22.2. The number of furan rings is 1. The Kier molecular flexibility index (Phi) is 6.75. The number of amides is 1. The molecule has 1 fully saturated rings. The highest BCUT2D eigenvalue weighted by molar-refractivity contribution is 6.30. The Hall–Kier alpha value is -3.16. The summed E-state index contributed by atoms with van der Waals surface area (Å²) in [5.74, 6) is -0.836. The summed E-state index contributed by atoms with van der Waals surface area (Å²) >= 11 is 5.96. The third-order valence-electron chi connectivity index (χ3n) is 7.11. The Labute approximate surface area is 208 Å². The molecule has 0 unspecified atom stereocenters. The number of aryl methyl sites for hydroxylation is 1. The minimum absolute atomic E-state index is 0.212. The van der Waals surface area contributed by atoms with Crippen LogP contribution >= 0.6 is 11.6 Å². The zero-order valence-corrected chi connectivity index (χ0v) is 20.7. The molecular formula is C27H28ClFN2O4. The molecule has 1 amide bonds. The number of ether oxygens (including phenoxy) is 1. The average Bonchev–Trinajstić information content (AvgIpc) is 3.21. The van der Waals surface area contributed by atoms with Gasteiger partial charge < -0.3 is 14.9 Å². The van der Waals surface area contributed by atoms with Crippen LogP contribution in [-0.4, -0.2) is 36.5 Å². The van der Waals surface area contributed by atoms with Crippen molar-refractivity contribution in [2.45, 2.75) is 43.7 Å². The summed E-state index contributed by atoms with van der Waals surface area (Å²) in [4.78, 5) is 27.8. The molecule has 1 saturated carbocycles. The number of benzene rings is 2. The fraction of sp³-hybridized carbons (Fsp3) is 0.333. The smallest absolute Gasteiger partial charge is 0.342 e. The van der Waals surface area contributed by atoms with Crippen molar-refractivity contribution in [1.29, 1.82) is 0 Å². The van der Waals surface area contributed by atoms with Gasteiger partial charge in [0, 0.05) is 16.1 Å². The summed E-state index contributed by atoms with van der Waals surface area (Å²) < 4.78 is 25.6. The average molecular weight is 499 g/mol. The number of hydrogen-bond donors (Lipinski definition) is 1. The van der Waals surface area contributed by atoms with Gasteiger partial charge in [0.05, 0.1) is 0 Å². The van der Waals surface area contributed by atoms with Crippen LogP contribution in [0.2, 0.25) is 5.02 Å². The van der Waals surface area contributed by atoms with E-state index >= 15 is 0 Å². The molecule has 184 valence electrons. The van der Waals surface area contributed by atoms with Gasteiger partial charge in [-0.25, -0.2) is 9.18 Å². The van der Waals surface area contributed by atoms with E-state index in [9.17, 15) is 14.0 Å². The number of halogens is 2. The number of nitrogens with two attached hydrogens (primary N) is 1. The molecule has 0 saturated heterocycles. The first-order valence-corrected chi connectivity index (χ1v) is 11.8. The van der Waals surface area contributed by atoms with Gasteiger partial charge in [0.1, 0.15) is 22.9 Å². The van der Waals surface area contributed by atoms with Crippen molar-refractivity contribution in [1.82, 2.24) is 4.90 Å². The minimum atomic E-state index is -1.46. The van der Waals surface area contributed by atoms with Crippen LogP contribution in [0.15, 0.2) is 59.0 Å². The molecule has 2 aromatic carbocycles. The summed E-state index contributed by atoms with van der Waals surface area (Å²) in [7, 11) is 3.84. The molecule has 2 N–H and O–H groups in total. The Balaban J connectivity index is 1.58. The van der Waals surface area contributed by atoms with Gasteiger partial charge in [0.15, 0.2) is 5.60 Å². The van der Waals surface area contributed by atoms with Crippen LogP contribution in [0.4, 0.5) is 4.39 Å². The van der Waals surface area contributed by atoms with Gasteiger partial charge >= 0.3 is 5.97 Å². The molecular weight excluding hydrogens is 471 g/mol. The number of hydrogen-bond acceptors (Lipinski definition) is 5. The van der Waals surface area contributed by atoms with Crippen molar-refractivity contribution in [3.8, 4) is 11.3 Å². The van der Waals surface area contributed by atoms with Crippen molar-refractivity contribution in [2.24, 2.45) is 5.73 Å². The molecule has 1 aromatic heterocycles. The second-order valence-electron chi connectivity index (χ2n) is 9.27. The Morgan fingerprint density at radius 3 is 2.29 bits per heavy atom. The highest BCUT2D eigenvalue weighted by Gasteiger charge is 2.50. The molecule has 6 nitrogen and oxygen atoms in total. The second-order valence-corrected chi connectivity index (χ2v) is 9.71. The summed E-state index contributed by atoms with van der Waals surface area (Å²) in [5, 5.41) is 0.587. The van der Waals surface area contributed by atoms with Crippen molar-refractivity contribution in [3.63, 3.8) is 0 Å². The van der Waals surface area contributed by atoms with E-state index in [4.69, 9.17) is 26.5 Å². The molecule has 0 radical (unpaired) electrons. The van der Waals surface area contributed by atoms with Crippen LogP contribution in [0, 0.1) is 12.7 Å². The lowest BCUT2D eigenvalue weighted by Gasteiger charge is -2.48. The van der Waals surface area contributed by atoms with Gasteiger partial charge in [-0.15, -0.1) is 0 Å². The first-order valence-electron chi connectivity index (χ1n) is 11.4. The summed E-state index contributed by atoms with van der Waals surface area (Å²) in [6, 6.07) is 15.1. The Morgan fingerprint density at radius 2 is 1.71 bits per heavy atom. The van der Waals surface area contributed by atoms with Gasteiger partial charge in [-0.1, -0.05) is 23.7 Å². The molecule has 0 bridgehead atoms. The molecule has 3 aromatic rings. The zero-order valence-electron chi connectivity index (χ0n) is 19.9. The van der Waals surface area contributed by atoms with Crippen molar-refractivity contribution in [2.75, 3.05) is 14.1 Å². The SMILES string of the molecule is Cc1oc(-c2ccc(Cl)cc2)cc1C(=O)OC1(C(N)=O)CCC(c2cccc(F)c2)(N(C)C)CC1. The summed E-state index contributed by atoms with van der Waals surface area (Å²) in [6.45, 7) is 1.66. The van der Waals surface area contributed by atoms with E-state index in [-0.39, 0.29) is 24.2 Å². The van der Waals surface area contributed by atoms with E-state index in [1.165, 1.54) is 12.1 Å². The number of carbonyl (C=O) groups excluding carboxylic acids is 2. The van der Waals surface area contributed by atoms with Crippen LogP contribution in [-0.2, 0) is 15.1 Å². The molecule has 0 atom stereocenters. The highest BCUT2D eigenvalue weighted by Crippen LogP contribution is 2.46. The van der Waals surface area contributed by atoms with E-state index in [2.05, 4.69) is 0 Å². The second kappa shape index (κ2) is 9.47. The largest absolute Gasteiger partial charge is 0.460 e. The quantitative estimate of drug-likeness (QED) is 0.456. The van der Waals surface area contributed by atoms with E-state index < -0.39 is 23.0 Å². The van der Waals surface area contributed by atoms with Gasteiger partial charge in [0.2, 0.25) is 0 Å². The third-order valence-corrected chi connectivity index (χ3v) is 7.36. The Morgan fingerprint density at radius 1 is 1.06 bits per heavy atom. The van der Waals surface area contributed by atoms with E-state index in [0.717, 1.165) is 11.1 Å². The van der Waals surface area contributed by atoms with Gasteiger partial charge in [-0.3, -0.25) is 9.69 Å². The number of rotatable bonds is 6. The maximum absolute atomic E-state index is 14.0. The third kappa shape index (κ3) is 4.70. The zero-order chi connectivity index (χ0) is 25.4. The van der Waals surface area contributed by atoms with Crippen LogP contribution in [0.3, 0.4) is 0 Å². The van der Waals surface area contributed by atoms with E-state index in [0.29, 0.717) is 29.4 Å². The summed E-state index contributed by atoms with van der Waals surface area (Å²) in [5.41, 5.74) is 5.59. The van der Waals surface area contributed by atoms with Gasteiger partial charge in [-0.2, -0.15) is 0 Å². The maximum Gasteiger partial charge on any atom is 0.342 e. The fourth-order valence-corrected chi connectivity index (χ4v) is 5.04. The van der Waals surface area contributed by atoms with Gasteiger partial charge in [-0.05, 0) is 94.7 Å². The molecule has 8 heteroatoms. The van der Waals surface area contributed by atoms with E-state index in [1.807, 2.05) is 25.1 Å². The summed E-state index contributed by atoms with van der Waals surface area (Å²) in [6.07, 6.45) is 1.34. The topological polar surface area (TPSA) is 85.8 Å². The molecule has 35 heavy (non-hydrogen) atoms. The first kappa shape index (κ1) is 24.9. The van der Waals surface area contributed by atoms with Crippen LogP contribution < -0.4 is 5.73 Å². The van der Waals surface area contributed by atoms with Crippen LogP contribution in [0.5, 0.6) is 0 Å². The molecule has 4 rings (SSSR count).